The smallest absolute Gasteiger partial charge is 0.0204 e. The molecule has 0 saturated carbocycles. The minimum absolute atomic E-state index is 0.728. The van der Waals surface area contributed by atoms with Crippen molar-refractivity contribution in [1.29, 1.82) is 0 Å². The van der Waals surface area contributed by atoms with Crippen LogP contribution in [0, 0.1) is 0 Å². The molecule has 84 valence electrons. The summed E-state index contributed by atoms with van der Waals surface area (Å²) in [6, 6.07) is 0.728. The fourth-order valence-corrected chi connectivity index (χ4v) is 2.09. The van der Waals surface area contributed by atoms with Gasteiger partial charge in [0.15, 0.2) is 0 Å². The fraction of sp³-hybridized carbons (Fsp3) is 1.00. The summed E-state index contributed by atoms with van der Waals surface area (Å²) in [4.78, 5) is 5.06. The van der Waals surface area contributed by atoms with Crippen LogP contribution in [0.2, 0.25) is 0 Å². The van der Waals surface area contributed by atoms with Crippen LogP contribution in [0.3, 0.4) is 0 Å². The first kappa shape index (κ1) is 12.0. The van der Waals surface area contributed by atoms with Crippen molar-refractivity contribution in [2.24, 2.45) is 0 Å². The number of likely N-dealkylation sites (tertiary alicyclic amines) is 1. The highest BCUT2D eigenvalue weighted by molar-refractivity contribution is 4.79. The van der Waals surface area contributed by atoms with Gasteiger partial charge in [-0.05, 0) is 33.1 Å². The van der Waals surface area contributed by atoms with Crippen LogP contribution in [0.25, 0.3) is 0 Å². The third-order valence-corrected chi connectivity index (χ3v) is 3.31. The van der Waals surface area contributed by atoms with E-state index in [0.717, 1.165) is 6.04 Å². The lowest BCUT2D eigenvalue weighted by molar-refractivity contribution is 0.238. The summed E-state index contributed by atoms with van der Waals surface area (Å²) in [6.07, 6.45) is 1.31. The van der Waals surface area contributed by atoms with Gasteiger partial charge in [-0.3, -0.25) is 0 Å². The van der Waals surface area contributed by atoms with Gasteiger partial charge in [-0.2, -0.15) is 0 Å². The van der Waals surface area contributed by atoms with Crippen LogP contribution in [-0.4, -0.2) is 62.2 Å². The Morgan fingerprint density at radius 3 is 2.57 bits per heavy atom. The van der Waals surface area contributed by atoms with Crippen LogP contribution in [0.1, 0.15) is 20.3 Å². The van der Waals surface area contributed by atoms with Gasteiger partial charge in [0.25, 0.3) is 0 Å². The highest BCUT2D eigenvalue weighted by Gasteiger charge is 2.20. The zero-order valence-corrected chi connectivity index (χ0v) is 9.92. The van der Waals surface area contributed by atoms with Crippen molar-refractivity contribution in [3.05, 3.63) is 0 Å². The van der Waals surface area contributed by atoms with E-state index in [2.05, 4.69) is 36.0 Å². The van der Waals surface area contributed by atoms with Crippen molar-refractivity contribution in [3.63, 3.8) is 0 Å². The normalized spacial score (nSPS) is 23.6. The Morgan fingerprint density at radius 2 is 2.07 bits per heavy atom. The first-order valence-corrected chi connectivity index (χ1v) is 5.92. The lowest BCUT2D eigenvalue weighted by atomic mass is 10.3. The summed E-state index contributed by atoms with van der Waals surface area (Å²) in [5.41, 5.74) is 0. The van der Waals surface area contributed by atoms with Crippen LogP contribution in [0.4, 0.5) is 0 Å². The van der Waals surface area contributed by atoms with Gasteiger partial charge in [0.2, 0.25) is 0 Å². The van der Waals surface area contributed by atoms with E-state index in [4.69, 9.17) is 0 Å². The lowest BCUT2D eigenvalue weighted by Gasteiger charge is -2.22. The molecule has 3 nitrogen and oxygen atoms in total. The number of hydrogen-bond donors (Lipinski definition) is 1. The average molecular weight is 199 g/mol. The second-order valence-corrected chi connectivity index (χ2v) is 4.10. The molecule has 0 aliphatic carbocycles. The van der Waals surface area contributed by atoms with Crippen LogP contribution >= 0.6 is 0 Å². The maximum Gasteiger partial charge on any atom is 0.0204 e. The summed E-state index contributed by atoms with van der Waals surface area (Å²) in [7, 11) is 2.07. The molecule has 0 aromatic rings. The maximum atomic E-state index is 3.35. The van der Waals surface area contributed by atoms with Gasteiger partial charge < -0.3 is 15.1 Å². The molecule has 1 saturated heterocycles. The summed E-state index contributed by atoms with van der Waals surface area (Å²) < 4.78 is 0. The molecule has 0 radical (unpaired) electrons. The molecule has 1 fully saturated rings. The molecule has 0 amide bonds. The molecule has 1 atom stereocenters. The second-order valence-electron chi connectivity index (χ2n) is 4.10. The van der Waals surface area contributed by atoms with Gasteiger partial charge in [0.05, 0.1) is 0 Å². The highest BCUT2D eigenvalue weighted by atomic mass is 15.2. The first-order chi connectivity index (χ1) is 6.80. The largest absolute Gasteiger partial charge is 0.316 e. The number of rotatable bonds is 6. The van der Waals surface area contributed by atoms with Gasteiger partial charge in [-0.25, -0.2) is 0 Å². The molecule has 0 aromatic heterocycles. The predicted octanol–water partition coefficient (Wildman–Crippen LogP) is 0.622. The second kappa shape index (κ2) is 6.38. The van der Waals surface area contributed by atoms with Crippen molar-refractivity contribution in [1.82, 2.24) is 15.1 Å². The van der Waals surface area contributed by atoms with Gasteiger partial charge in [-0.15, -0.1) is 0 Å². The quantitative estimate of drug-likeness (QED) is 0.676. The standard InChI is InChI=1S/C11H25N3/c1-4-13(5-2)8-9-14-7-6-11(10-14)12-3/h11-12H,4-10H2,1-3H3. The van der Waals surface area contributed by atoms with Crippen LogP contribution < -0.4 is 5.32 Å². The van der Waals surface area contributed by atoms with Crippen molar-refractivity contribution in [2.75, 3.05) is 46.3 Å². The van der Waals surface area contributed by atoms with E-state index < -0.39 is 0 Å². The fourth-order valence-electron chi connectivity index (χ4n) is 2.09. The number of nitrogens with zero attached hydrogens (tertiary/aromatic N) is 2. The molecule has 0 bridgehead atoms. The molecule has 1 aliphatic rings. The van der Waals surface area contributed by atoms with E-state index in [9.17, 15) is 0 Å². The van der Waals surface area contributed by atoms with Crippen molar-refractivity contribution in [2.45, 2.75) is 26.3 Å². The van der Waals surface area contributed by atoms with Crippen LogP contribution in [0.5, 0.6) is 0 Å². The first-order valence-electron chi connectivity index (χ1n) is 5.92. The van der Waals surface area contributed by atoms with Crippen molar-refractivity contribution < 1.29 is 0 Å². The number of hydrogen-bond acceptors (Lipinski definition) is 3. The topological polar surface area (TPSA) is 18.5 Å². The molecular weight excluding hydrogens is 174 g/mol. The van der Waals surface area contributed by atoms with Gasteiger partial charge >= 0.3 is 0 Å². The monoisotopic (exact) mass is 199 g/mol. The molecule has 0 aromatic carbocycles. The number of nitrogens with one attached hydrogen (secondary N) is 1. The Labute approximate surface area is 88.5 Å². The van der Waals surface area contributed by atoms with Crippen LogP contribution in [0.15, 0.2) is 0 Å². The van der Waals surface area contributed by atoms with Crippen molar-refractivity contribution >= 4 is 0 Å². The SMILES string of the molecule is CCN(CC)CCN1CCC(NC)C1. The minimum Gasteiger partial charge on any atom is -0.316 e. The van der Waals surface area contributed by atoms with Crippen molar-refractivity contribution in [3.8, 4) is 0 Å². The van der Waals surface area contributed by atoms with E-state index in [-0.39, 0.29) is 0 Å². The Bertz CT molecular complexity index is 145. The van der Waals surface area contributed by atoms with Gasteiger partial charge in [0, 0.05) is 25.7 Å². The Morgan fingerprint density at radius 1 is 1.36 bits per heavy atom. The van der Waals surface area contributed by atoms with E-state index in [1.54, 1.807) is 0 Å². The third-order valence-electron chi connectivity index (χ3n) is 3.31. The molecular formula is C11H25N3. The average Bonchev–Trinajstić information content (AvgIpc) is 2.67. The lowest BCUT2D eigenvalue weighted by Crippen LogP contribution is -2.35. The maximum absolute atomic E-state index is 3.35. The van der Waals surface area contributed by atoms with Gasteiger partial charge in [0.1, 0.15) is 0 Å². The van der Waals surface area contributed by atoms with E-state index >= 15 is 0 Å². The molecule has 1 aliphatic heterocycles. The predicted molar refractivity (Wildman–Crippen MR) is 61.7 cm³/mol. The summed E-state index contributed by atoms with van der Waals surface area (Å²) in [6.45, 7) is 11.8. The molecule has 1 heterocycles. The summed E-state index contributed by atoms with van der Waals surface area (Å²) in [5, 5.41) is 3.35. The molecule has 3 heteroatoms. The van der Waals surface area contributed by atoms with E-state index in [1.165, 1.54) is 45.7 Å². The van der Waals surface area contributed by atoms with E-state index in [0.29, 0.717) is 0 Å². The molecule has 14 heavy (non-hydrogen) atoms. The Hall–Kier alpha value is -0.120. The summed E-state index contributed by atoms with van der Waals surface area (Å²) in [5.74, 6) is 0. The minimum atomic E-state index is 0.728. The van der Waals surface area contributed by atoms with Gasteiger partial charge in [-0.1, -0.05) is 13.8 Å². The van der Waals surface area contributed by atoms with Crippen LogP contribution in [-0.2, 0) is 0 Å². The molecule has 0 spiro atoms. The third kappa shape index (κ3) is 3.56. The summed E-state index contributed by atoms with van der Waals surface area (Å²) >= 11 is 0. The zero-order chi connectivity index (χ0) is 10.4. The molecule has 1 N–H and O–H groups in total. The zero-order valence-electron chi connectivity index (χ0n) is 9.92. The van der Waals surface area contributed by atoms with E-state index in [1.807, 2.05) is 0 Å². The molecule has 1 rings (SSSR count). The Balaban J connectivity index is 2.13. The number of likely N-dealkylation sites (N-methyl/N-ethyl adjacent to an activating group) is 2. The Kier molecular flexibility index (Phi) is 5.45. The molecule has 1 unspecified atom stereocenters. The highest BCUT2D eigenvalue weighted by Crippen LogP contribution is 2.07.